The highest BCUT2D eigenvalue weighted by molar-refractivity contribution is 4.89. The molecule has 1 heterocycles. The SMILES string of the molecule is CCCNC1CCN(CCC2CCCC(C)C2)C(C)C1C. The van der Waals surface area contributed by atoms with Gasteiger partial charge in [0.1, 0.15) is 0 Å². The fraction of sp³-hybridized carbons (Fsp3) is 1.00. The Morgan fingerprint density at radius 3 is 2.62 bits per heavy atom. The lowest BCUT2D eigenvalue weighted by Gasteiger charge is -2.43. The molecule has 0 spiro atoms. The first-order valence-corrected chi connectivity index (χ1v) is 9.59. The summed E-state index contributed by atoms with van der Waals surface area (Å²) in [6.45, 7) is 13.4. The molecule has 1 saturated heterocycles. The molecule has 2 fully saturated rings. The van der Waals surface area contributed by atoms with Crippen molar-refractivity contribution in [2.45, 2.75) is 84.7 Å². The van der Waals surface area contributed by atoms with E-state index in [0.717, 1.165) is 29.8 Å². The predicted octanol–water partition coefficient (Wildman–Crippen LogP) is 4.30. The molecule has 0 aromatic rings. The van der Waals surface area contributed by atoms with Crippen molar-refractivity contribution in [2.24, 2.45) is 17.8 Å². The highest BCUT2D eigenvalue weighted by Crippen LogP contribution is 2.32. The Bertz CT molecular complexity index is 291. The maximum Gasteiger partial charge on any atom is 0.0120 e. The quantitative estimate of drug-likeness (QED) is 0.785. The Labute approximate surface area is 133 Å². The van der Waals surface area contributed by atoms with Gasteiger partial charge < -0.3 is 10.2 Å². The normalized spacial score (nSPS) is 38.6. The van der Waals surface area contributed by atoms with Crippen LogP contribution in [-0.2, 0) is 0 Å². The molecule has 2 heteroatoms. The molecule has 1 aliphatic carbocycles. The van der Waals surface area contributed by atoms with Crippen LogP contribution < -0.4 is 5.32 Å². The minimum Gasteiger partial charge on any atom is -0.314 e. The topological polar surface area (TPSA) is 15.3 Å². The summed E-state index contributed by atoms with van der Waals surface area (Å²) in [5, 5.41) is 3.76. The van der Waals surface area contributed by atoms with Crippen molar-refractivity contribution in [3.63, 3.8) is 0 Å². The van der Waals surface area contributed by atoms with E-state index in [-0.39, 0.29) is 0 Å². The standard InChI is InChI=1S/C19H38N2/c1-5-11-20-19-10-13-21(17(4)16(19)3)12-9-18-8-6-7-15(2)14-18/h15-20H,5-14H2,1-4H3. The molecule has 2 nitrogen and oxygen atoms in total. The Kier molecular flexibility index (Phi) is 7.01. The van der Waals surface area contributed by atoms with E-state index in [0.29, 0.717) is 0 Å². The Morgan fingerprint density at radius 1 is 1.10 bits per heavy atom. The van der Waals surface area contributed by atoms with Gasteiger partial charge in [0, 0.05) is 12.1 Å². The van der Waals surface area contributed by atoms with Gasteiger partial charge in [-0.3, -0.25) is 0 Å². The summed E-state index contributed by atoms with van der Waals surface area (Å²) in [7, 11) is 0. The van der Waals surface area contributed by atoms with Crippen LogP contribution in [0.3, 0.4) is 0 Å². The molecule has 2 aliphatic rings. The molecule has 0 bridgehead atoms. The molecule has 0 aromatic heterocycles. The van der Waals surface area contributed by atoms with E-state index in [2.05, 4.69) is 37.9 Å². The van der Waals surface area contributed by atoms with E-state index in [4.69, 9.17) is 0 Å². The highest BCUT2D eigenvalue weighted by Gasteiger charge is 2.32. The Morgan fingerprint density at radius 2 is 1.90 bits per heavy atom. The maximum absolute atomic E-state index is 3.76. The average molecular weight is 295 g/mol. The van der Waals surface area contributed by atoms with E-state index in [1.54, 1.807) is 0 Å². The van der Waals surface area contributed by atoms with Crippen molar-refractivity contribution in [1.29, 1.82) is 0 Å². The second-order valence-corrected chi connectivity index (χ2v) is 7.91. The zero-order valence-corrected chi connectivity index (χ0v) is 14.9. The third-order valence-electron chi connectivity index (χ3n) is 6.22. The largest absolute Gasteiger partial charge is 0.314 e. The molecule has 0 aromatic carbocycles. The maximum atomic E-state index is 3.76. The van der Waals surface area contributed by atoms with Gasteiger partial charge in [-0.15, -0.1) is 0 Å². The number of nitrogens with one attached hydrogen (secondary N) is 1. The van der Waals surface area contributed by atoms with Crippen molar-refractivity contribution >= 4 is 0 Å². The Hall–Kier alpha value is -0.0800. The molecule has 0 amide bonds. The number of hydrogen-bond acceptors (Lipinski definition) is 2. The van der Waals surface area contributed by atoms with Crippen LogP contribution in [0.4, 0.5) is 0 Å². The van der Waals surface area contributed by atoms with E-state index < -0.39 is 0 Å². The van der Waals surface area contributed by atoms with Crippen molar-refractivity contribution < 1.29 is 0 Å². The zero-order chi connectivity index (χ0) is 15.2. The van der Waals surface area contributed by atoms with Crippen LogP contribution in [0.25, 0.3) is 0 Å². The van der Waals surface area contributed by atoms with Crippen LogP contribution in [0, 0.1) is 17.8 Å². The minimum atomic E-state index is 0.742. The van der Waals surface area contributed by atoms with Crippen LogP contribution in [0.1, 0.15) is 72.6 Å². The van der Waals surface area contributed by atoms with Crippen LogP contribution >= 0.6 is 0 Å². The third kappa shape index (κ3) is 4.96. The summed E-state index contributed by atoms with van der Waals surface area (Å²) >= 11 is 0. The molecule has 5 atom stereocenters. The van der Waals surface area contributed by atoms with E-state index >= 15 is 0 Å². The predicted molar refractivity (Wildman–Crippen MR) is 92.6 cm³/mol. The number of rotatable bonds is 6. The molecule has 124 valence electrons. The van der Waals surface area contributed by atoms with E-state index in [1.165, 1.54) is 64.6 Å². The van der Waals surface area contributed by atoms with Crippen molar-refractivity contribution in [1.82, 2.24) is 10.2 Å². The lowest BCUT2D eigenvalue weighted by Crippen LogP contribution is -2.53. The number of piperidine rings is 1. The molecular weight excluding hydrogens is 256 g/mol. The van der Waals surface area contributed by atoms with Gasteiger partial charge in [0.25, 0.3) is 0 Å². The molecule has 1 saturated carbocycles. The number of hydrogen-bond donors (Lipinski definition) is 1. The van der Waals surface area contributed by atoms with Crippen molar-refractivity contribution in [2.75, 3.05) is 19.6 Å². The van der Waals surface area contributed by atoms with Crippen LogP contribution in [-0.4, -0.2) is 36.6 Å². The average Bonchev–Trinajstić information content (AvgIpc) is 2.48. The molecule has 21 heavy (non-hydrogen) atoms. The van der Waals surface area contributed by atoms with Gasteiger partial charge in [-0.1, -0.05) is 40.0 Å². The van der Waals surface area contributed by atoms with Crippen molar-refractivity contribution in [3.05, 3.63) is 0 Å². The number of nitrogens with zero attached hydrogens (tertiary/aromatic N) is 1. The zero-order valence-electron chi connectivity index (χ0n) is 14.9. The summed E-state index contributed by atoms with van der Waals surface area (Å²) in [6.07, 6.45) is 9.95. The molecule has 2 rings (SSSR count). The molecule has 0 radical (unpaired) electrons. The molecular formula is C19H38N2. The van der Waals surface area contributed by atoms with Gasteiger partial charge in [0.05, 0.1) is 0 Å². The van der Waals surface area contributed by atoms with Crippen LogP contribution in [0.2, 0.25) is 0 Å². The summed E-state index contributed by atoms with van der Waals surface area (Å²) in [5.74, 6) is 2.77. The third-order valence-corrected chi connectivity index (χ3v) is 6.22. The second-order valence-electron chi connectivity index (χ2n) is 7.91. The fourth-order valence-electron chi connectivity index (χ4n) is 4.54. The second kappa shape index (κ2) is 8.53. The van der Waals surface area contributed by atoms with Gasteiger partial charge in [-0.2, -0.15) is 0 Å². The summed E-state index contributed by atoms with van der Waals surface area (Å²) in [5.41, 5.74) is 0. The number of likely N-dealkylation sites (tertiary alicyclic amines) is 1. The lowest BCUT2D eigenvalue weighted by molar-refractivity contribution is 0.0758. The highest BCUT2D eigenvalue weighted by atomic mass is 15.2. The van der Waals surface area contributed by atoms with E-state index in [1.807, 2.05) is 0 Å². The first-order chi connectivity index (χ1) is 10.1. The molecule has 5 unspecified atom stereocenters. The van der Waals surface area contributed by atoms with Crippen molar-refractivity contribution in [3.8, 4) is 0 Å². The van der Waals surface area contributed by atoms with Crippen LogP contribution in [0.5, 0.6) is 0 Å². The lowest BCUT2D eigenvalue weighted by atomic mass is 9.80. The molecule has 1 aliphatic heterocycles. The minimum absolute atomic E-state index is 0.742. The summed E-state index contributed by atoms with van der Waals surface area (Å²) in [6, 6.07) is 1.49. The van der Waals surface area contributed by atoms with E-state index in [9.17, 15) is 0 Å². The summed E-state index contributed by atoms with van der Waals surface area (Å²) < 4.78 is 0. The molecule has 1 N–H and O–H groups in total. The van der Waals surface area contributed by atoms with Gasteiger partial charge >= 0.3 is 0 Å². The van der Waals surface area contributed by atoms with Gasteiger partial charge in [0.15, 0.2) is 0 Å². The smallest absolute Gasteiger partial charge is 0.0120 e. The van der Waals surface area contributed by atoms with Crippen LogP contribution in [0.15, 0.2) is 0 Å². The van der Waals surface area contributed by atoms with Gasteiger partial charge in [0.2, 0.25) is 0 Å². The Balaban J connectivity index is 1.74. The first-order valence-electron chi connectivity index (χ1n) is 9.59. The fourth-order valence-corrected chi connectivity index (χ4v) is 4.54. The monoisotopic (exact) mass is 294 g/mol. The first kappa shape index (κ1) is 17.3. The van der Waals surface area contributed by atoms with Gasteiger partial charge in [-0.25, -0.2) is 0 Å². The summed E-state index contributed by atoms with van der Waals surface area (Å²) in [4.78, 5) is 2.77. The van der Waals surface area contributed by atoms with Gasteiger partial charge in [-0.05, 0) is 70.0 Å².